The third kappa shape index (κ3) is 3.65. The number of carbonyl (C=O) groups excluding carboxylic acids is 1. The number of rotatable bonds is 4. The number of halogens is 1. The quantitative estimate of drug-likeness (QED) is 0.711. The van der Waals surface area contributed by atoms with Crippen LogP contribution >= 0.6 is 0 Å². The molecule has 1 atom stereocenters. The number of aromatic nitrogens is 2. The highest BCUT2D eigenvalue weighted by Gasteiger charge is 2.24. The van der Waals surface area contributed by atoms with Crippen LogP contribution in [0.4, 0.5) is 4.39 Å². The van der Waals surface area contributed by atoms with Gasteiger partial charge in [0.15, 0.2) is 5.69 Å². The number of amides is 1. The van der Waals surface area contributed by atoms with Crippen LogP contribution in [0.3, 0.4) is 0 Å². The molecule has 0 bridgehead atoms. The summed E-state index contributed by atoms with van der Waals surface area (Å²) >= 11 is 0. The van der Waals surface area contributed by atoms with Gasteiger partial charge >= 0.3 is 0 Å². The topological polar surface area (TPSA) is 55.2 Å². The Labute approximate surface area is 156 Å². The normalized spacial score (nSPS) is 11.9. The summed E-state index contributed by atoms with van der Waals surface area (Å²) in [5, 5.41) is 4.17. The van der Waals surface area contributed by atoms with Gasteiger partial charge in [0, 0.05) is 18.8 Å². The van der Waals surface area contributed by atoms with Gasteiger partial charge in [-0.25, -0.2) is 9.07 Å². The molecule has 0 fully saturated rings. The molecule has 0 aliphatic rings. The molecule has 5 nitrogen and oxygen atoms in total. The van der Waals surface area contributed by atoms with Crippen molar-refractivity contribution in [3.8, 4) is 5.69 Å². The molecule has 1 unspecified atom stereocenters. The fourth-order valence-electron chi connectivity index (χ4n) is 2.86. The lowest BCUT2D eigenvalue weighted by atomic mass is 10.1. The van der Waals surface area contributed by atoms with E-state index in [9.17, 15) is 14.0 Å². The number of carbonyl (C=O) groups is 1. The van der Waals surface area contributed by atoms with Crippen molar-refractivity contribution < 1.29 is 9.18 Å². The Morgan fingerprint density at radius 2 is 1.74 bits per heavy atom. The molecule has 3 aromatic rings. The average Bonchev–Trinajstić information content (AvgIpc) is 2.68. The van der Waals surface area contributed by atoms with Crippen molar-refractivity contribution in [2.75, 3.05) is 7.05 Å². The maximum Gasteiger partial charge on any atom is 0.278 e. The van der Waals surface area contributed by atoms with Crippen molar-refractivity contribution in [1.82, 2.24) is 14.7 Å². The standard InChI is InChI=1S/C21H20FN3O2/c1-14-13-19(26)20(23-25(14)18-12-8-7-11-17(18)22)21(27)24(3)15(2)16-9-5-4-6-10-16/h4-13,15H,1-3H3. The summed E-state index contributed by atoms with van der Waals surface area (Å²) in [5.74, 6) is -0.998. The molecule has 27 heavy (non-hydrogen) atoms. The summed E-state index contributed by atoms with van der Waals surface area (Å²) in [6, 6.07) is 16.6. The van der Waals surface area contributed by atoms with Crippen molar-refractivity contribution in [3.05, 3.63) is 93.7 Å². The Kier molecular flexibility index (Phi) is 5.16. The van der Waals surface area contributed by atoms with Crippen LogP contribution in [-0.2, 0) is 0 Å². The molecule has 0 aliphatic carbocycles. The van der Waals surface area contributed by atoms with E-state index in [1.165, 1.54) is 21.7 Å². The fourth-order valence-corrected chi connectivity index (χ4v) is 2.86. The first-order chi connectivity index (χ1) is 12.9. The smallest absolute Gasteiger partial charge is 0.278 e. The van der Waals surface area contributed by atoms with Crippen LogP contribution in [0.2, 0.25) is 0 Å². The van der Waals surface area contributed by atoms with Crippen molar-refractivity contribution in [2.24, 2.45) is 0 Å². The highest BCUT2D eigenvalue weighted by Crippen LogP contribution is 2.20. The van der Waals surface area contributed by atoms with E-state index in [0.29, 0.717) is 5.69 Å². The molecule has 0 spiro atoms. The Bertz CT molecular complexity index is 1030. The van der Waals surface area contributed by atoms with Crippen LogP contribution in [-0.4, -0.2) is 27.6 Å². The molecule has 0 saturated carbocycles. The van der Waals surface area contributed by atoms with Crippen LogP contribution in [0.25, 0.3) is 5.69 Å². The predicted molar refractivity (Wildman–Crippen MR) is 101 cm³/mol. The minimum Gasteiger partial charge on any atom is -0.333 e. The van der Waals surface area contributed by atoms with Crippen LogP contribution in [0.1, 0.15) is 34.7 Å². The average molecular weight is 365 g/mol. The molecular weight excluding hydrogens is 345 g/mol. The van der Waals surface area contributed by atoms with Crippen molar-refractivity contribution >= 4 is 5.91 Å². The maximum atomic E-state index is 14.2. The Morgan fingerprint density at radius 3 is 2.41 bits per heavy atom. The zero-order chi connectivity index (χ0) is 19.6. The summed E-state index contributed by atoms with van der Waals surface area (Å²) in [7, 11) is 1.62. The van der Waals surface area contributed by atoms with Crippen molar-refractivity contribution in [2.45, 2.75) is 19.9 Å². The summed E-state index contributed by atoms with van der Waals surface area (Å²) in [6.45, 7) is 3.52. The third-order valence-corrected chi connectivity index (χ3v) is 4.57. The number of hydrogen-bond donors (Lipinski definition) is 0. The first kappa shape index (κ1) is 18.5. The minimum absolute atomic E-state index is 0.183. The summed E-state index contributed by atoms with van der Waals surface area (Å²) in [4.78, 5) is 26.8. The van der Waals surface area contributed by atoms with Gasteiger partial charge in [-0.3, -0.25) is 9.59 Å². The molecule has 0 N–H and O–H groups in total. The van der Waals surface area contributed by atoms with Gasteiger partial charge in [-0.15, -0.1) is 0 Å². The van der Waals surface area contributed by atoms with Gasteiger partial charge in [0.25, 0.3) is 5.91 Å². The summed E-state index contributed by atoms with van der Waals surface area (Å²) < 4.78 is 15.4. The van der Waals surface area contributed by atoms with E-state index in [-0.39, 0.29) is 17.4 Å². The van der Waals surface area contributed by atoms with Crippen molar-refractivity contribution in [3.63, 3.8) is 0 Å². The molecule has 1 aromatic heterocycles. The van der Waals surface area contributed by atoms with Gasteiger partial charge in [0.1, 0.15) is 11.5 Å². The van der Waals surface area contributed by atoms with E-state index in [1.807, 2.05) is 37.3 Å². The second-order valence-electron chi connectivity index (χ2n) is 6.36. The number of para-hydroxylation sites is 1. The van der Waals surface area contributed by atoms with Gasteiger partial charge in [-0.1, -0.05) is 42.5 Å². The highest BCUT2D eigenvalue weighted by atomic mass is 19.1. The lowest BCUT2D eigenvalue weighted by molar-refractivity contribution is 0.0733. The zero-order valence-corrected chi connectivity index (χ0v) is 15.4. The second kappa shape index (κ2) is 7.53. The van der Waals surface area contributed by atoms with E-state index in [2.05, 4.69) is 5.10 Å². The zero-order valence-electron chi connectivity index (χ0n) is 15.4. The Morgan fingerprint density at radius 1 is 1.11 bits per heavy atom. The molecule has 0 aliphatic heterocycles. The molecule has 1 amide bonds. The third-order valence-electron chi connectivity index (χ3n) is 4.57. The van der Waals surface area contributed by atoms with Gasteiger partial charge in [0.2, 0.25) is 5.43 Å². The van der Waals surface area contributed by atoms with Gasteiger partial charge in [0.05, 0.1) is 6.04 Å². The van der Waals surface area contributed by atoms with Crippen LogP contribution in [0, 0.1) is 12.7 Å². The summed E-state index contributed by atoms with van der Waals surface area (Å²) in [5.41, 5.74) is 0.837. The van der Waals surface area contributed by atoms with Gasteiger partial charge in [-0.2, -0.15) is 5.10 Å². The number of aryl methyl sites for hydroxylation is 1. The first-order valence-electron chi connectivity index (χ1n) is 8.58. The lowest BCUT2D eigenvalue weighted by Crippen LogP contribution is -2.35. The van der Waals surface area contributed by atoms with E-state index in [4.69, 9.17) is 0 Å². The SMILES string of the molecule is Cc1cc(=O)c(C(=O)N(C)C(C)c2ccccc2)nn1-c1ccccc1F. The van der Waals surface area contributed by atoms with Crippen LogP contribution in [0.15, 0.2) is 65.5 Å². The minimum atomic E-state index is -0.513. The van der Waals surface area contributed by atoms with Crippen LogP contribution < -0.4 is 5.43 Å². The Hall–Kier alpha value is -3.28. The summed E-state index contributed by atoms with van der Waals surface area (Å²) in [6.07, 6.45) is 0. The first-order valence-corrected chi connectivity index (χ1v) is 8.58. The lowest BCUT2D eigenvalue weighted by Gasteiger charge is -2.25. The van der Waals surface area contributed by atoms with Crippen molar-refractivity contribution in [1.29, 1.82) is 0 Å². The number of hydrogen-bond acceptors (Lipinski definition) is 3. The highest BCUT2D eigenvalue weighted by molar-refractivity contribution is 5.92. The Balaban J connectivity index is 2.01. The molecule has 2 aromatic carbocycles. The molecule has 0 saturated heterocycles. The van der Waals surface area contributed by atoms with E-state index < -0.39 is 17.2 Å². The van der Waals surface area contributed by atoms with E-state index in [0.717, 1.165) is 5.56 Å². The molecule has 0 radical (unpaired) electrons. The maximum absolute atomic E-state index is 14.2. The molecular formula is C21H20FN3O2. The fraction of sp³-hybridized carbons (Fsp3) is 0.190. The number of benzene rings is 2. The molecule has 1 heterocycles. The molecule has 6 heteroatoms. The monoisotopic (exact) mass is 365 g/mol. The van der Waals surface area contributed by atoms with Gasteiger partial charge < -0.3 is 4.90 Å². The van der Waals surface area contributed by atoms with E-state index in [1.54, 1.807) is 32.2 Å². The molecule has 3 rings (SSSR count). The second-order valence-corrected chi connectivity index (χ2v) is 6.36. The number of nitrogens with zero attached hydrogens (tertiary/aromatic N) is 3. The predicted octanol–water partition coefficient (Wildman–Crippen LogP) is 3.51. The van der Waals surface area contributed by atoms with E-state index >= 15 is 0 Å². The van der Waals surface area contributed by atoms with Crippen LogP contribution in [0.5, 0.6) is 0 Å². The molecule has 138 valence electrons. The largest absolute Gasteiger partial charge is 0.333 e. The van der Waals surface area contributed by atoms with Gasteiger partial charge in [-0.05, 0) is 31.5 Å².